The molecule has 6 heterocycles. The Bertz CT molecular complexity index is 1760. The first-order valence-electron chi connectivity index (χ1n) is 13.5. The molecule has 43 heavy (non-hydrogen) atoms. The molecule has 228 valence electrons. The van der Waals surface area contributed by atoms with Crippen LogP contribution in [0.15, 0.2) is 42.4 Å². The first kappa shape index (κ1) is 30.3. The Hall–Kier alpha value is -4.17. The third-order valence-electron chi connectivity index (χ3n) is 8.21. The van der Waals surface area contributed by atoms with E-state index in [2.05, 4.69) is 37.4 Å². The van der Waals surface area contributed by atoms with Gasteiger partial charge in [-0.05, 0) is 13.0 Å². The highest BCUT2D eigenvalue weighted by atomic mass is 16.6. The number of nitrogen functional groups attached to an aromatic ring is 1. The Kier molecular flexibility index (Phi) is 7.86. The monoisotopic (exact) mass is 594 g/mol. The molecule has 4 aromatic rings. The number of nitrogens with one attached hydrogen (secondary N) is 1. The zero-order chi connectivity index (χ0) is 31.3. The molecule has 4 aromatic heterocycles. The zero-order valence-corrected chi connectivity index (χ0v) is 23.8. The third kappa shape index (κ3) is 4.68. The zero-order valence-electron chi connectivity index (χ0n) is 23.8. The van der Waals surface area contributed by atoms with Gasteiger partial charge < -0.3 is 40.6 Å². The number of H-pyrrole nitrogens is 1. The lowest BCUT2D eigenvalue weighted by atomic mass is 9.91. The number of ether oxygens (including phenoxy) is 2. The predicted molar refractivity (Wildman–Crippen MR) is 154 cm³/mol. The molecular weight excluding hydrogens is 560 g/mol. The molecule has 0 amide bonds. The number of hydrogen-bond acceptors (Lipinski definition) is 12. The van der Waals surface area contributed by atoms with Crippen molar-refractivity contribution in [1.29, 1.82) is 0 Å². The molecule has 0 radical (unpaired) electrons. The maximum atomic E-state index is 11.9. The van der Waals surface area contributed by atoms with E-state index in [1.807, 2.05) is 0 Å². The maximum absolute atomic E-state index is 11.9. The highest BCUT2D eigenvalue weighted by Crippen LogP contribution is 2.43. The van der Waals surface area contributed by atoms with Crippen molar-refractivity contribution in [2.75, 3.05) is 18.9 Å². The SMILES string of the molecule is C#C[C@]1(CO)O[C@@H](n2cnc3c(N)ccnc32)[C@@H](C)[C@@H]1O.C=C[C@]1(CO)O[C@@H](n2cnc3c(=O)[nH]c(C)nc32)[C@@H](C)[C@@H]1O. The second kappa shape index (κ2) is 11.2. The fraction of sp³-hybridized carbons (Fsp3) is 0.464. The van der Waals surface area contributed by atoms with E-state index in [-0.39, 0.29) is 22.9 Å². The van der Waals surface area contributed by atoms with Crippen LogP contribution in [0.25, 0.3) is 22.3 Å². The normalized spacial score (nSPS) is 32.0. The van der Waals surface area contributed by atoms with Crippen LogP contribution in [0.2, 0.25) is 0 Å². The molecule has 0 aromatic carbocycles. The van der Waals surface area contributed by atoms with Crippen LogP contribution < -0.4 is 11.3 Å². The number of anilines is 1. The van der Waals surface area contributed by atoms with Gasteiger partial charge in [0.2, 0.25) is 0 Å². The standard InChI is InChI=1S/C14H18N4O4.C14H16N4O3/c1-4-14(5-19)10(20)7(2)13(22-14)18-6-15-9-11(18)16-8(3)17-12(9)21;1-3-14(6-19)11(20)8(2)13(21-14)18-7-17-10-9(15)4-5-16-12(10)18/h4,6-7,10,13,19-20H,1,5H2,2-3H3,(H,16,17,21);1,4-5,7-8,11,13,19-20H,6H2,2H3,(H2,15,16)/t7-,10-,13+,14+;8-,11-,13+,14+/m00/s1. The number of fused-ring (bicyclic) bond motifs is 2. The van der Waals surface area contributed by atoms with Crippen LogP contribution in [-0.4, -0.2) is 91.1 Å². The number of nitrogens with two attached hydrogens (primary N) is 1. The summed E-state index contributed by atoms with van der Waals surface area (Å²) >= 11 is 0. The minimum atomic E-state index is -1.42. The van der Waals surface area contributed by atoms with Crippen LogP contribution in [0.1, 0.15) is 32.1 Å². The third-order valence-corrected chi connectivity index (χ3v) is 8.21. The van der Waals surface area contributed by atoms with Crippen LogP contribution in [0.5, 0.6) is 0 Å². The van der Waals surface area contributed by atoms with E-state index in [0.717, 1.165) is 0 Å². The van der Waals surface area contributed by atoms with E-state index in [1.165, 1.54) is 12.4 Å². The van der Waals surface area contributed by atoms with Crippen LogP contribution in [0.4, 0.5) is 5.69 Å². The second-order valence-electron chi connectivity index (χ2n) is 10.8. The van der Waals surface area contributed by atoms with Gasteiger partial charge >= 0.3 is 0 Å². The molecule has 2 saturated heterocycles. The number of aliphatic hydroxyl groups excluding tert-OH is 4. The molecule has 8 atom stereocenters. The van der Waals surface area contributed by atoms with E-state index >= 15 is 0 Å². The van der Waals surface area contributed by atoms with E-state index < -0.39 is 49.1 Å². The summed E-state index contributed by atoms with van der Waals surface area (Å²) in [5.41, 5.74) is 5.07. The van der Waals surface area contributed by atoms with Crippen molar-refractivity contribution < 1.29 is 29.9 Å². The molecule has 0 saturated carbocycles. The van der Waals surface area contributed by atoms with Gasteiger partial charge in [0.25, 0.3) is 5.56 Å². The molecule has 7 N–H and O–H groups in total. The summed E-state index contributed by atoms with van der Waals surface area (Å²) in [4.78, 5) is 31.3. The van der Waals surface area contributed by atoms with Gasteiger partial charge in [0.15, 0.2) is 22.4 Å². The Morgan fingerprint density at radius 1 is 1.07 bits per heavy atom. The average Bonchev–Trinajstić information content (AvgIpc) is 3.74. The van der Waals surface area contributed by atoms with Crippen LogP contribution in [0.3, 0.4) is 0 Å². The summed E-state index contributed by atoms with van der Waals surface area (Å²) in [6, 6.07) is 1.66. The molecule has 0 unspecified atom stereocenters. The number of terminal acetylenes is 1. The highest BCUT2D eigenvalue weighted by Gasteiger charge is 2.53. The van der Waals surface area contributed by atoms with Gasteiger partial charge in [-0.2, -0.15) is 0 Å². The van der Waals surface area contributed by atoms with Crippen molar-refractivity contribution in [3.8, 4) is 12.3 Å². The van der Waals surface area contributed by atoms with E-state index in [4.69, 9.17) is 21.6 Å². The number of aromatic nitrogens is 7. The van der Waals surface area contributed by atoms with Gasteiger partial charge in [-0.1, -0.05) is 25.8 Å². The summed E-state index contributed by atoms with van der Waals surface area (Å²) < 4.78 is 14.9. The van der Waals surface area contributed by atoms with Crippen LogP contribution >= 0.6 is 0 Å². The molecule has 0 spiro atoms. The molecule has 6 rings (SSSR count). The summed E-state index contributed by atoms with van der Waals surface area (Å²) in [7, 11) is 0. The molecule has 2 aliphatic heterocycles. The Balaban J connectivity index is 0.000000171. The van der Waals surface area contributed by atoms with Crippen molar-refractivity contribution in [3.05, 3.63) is 53.8 Å². The van der Waals surface area contributed by atoms with Crippen LogP contribution in [0, 0.1) is 31.1 Å². The predicted octanol–water partition coefficient (Wildman–Crippen LogP) is -0.225. The summed E-state index contributed by atoms with van der Waals surface area (Å²) in [5.74, 6) is 2.14. The van der Waals surface area contributed by atoms with Gasteiger partial charge in [0.05, 0.1) is 37.7 Å². The number of hydrogen-bond donors (Lipinski definition) is 6. The molecule has 15 nitrogen and oxygen atoms in total. The highest BCUT2D eigenvalue weighted by molar-refractivity contribution is 5.83. The topological polar surface area (TPSA) is 220 Å². The quantitative estimate of drug-likeness (QED) is 0.130. The molecule has 0 bridgehead atoms. The second-order valence-corrected chi connectivity index (χ2v) is 10.8. The Morgan fingerprint density at radius 3 is 2.28 bits per heavy atom. The number of rotatable bonds is 5. The first-order chi connectivity index (χ1) is 20.5. The smallest absolute Gasteiger partial charge is 0.279 e. The molecule has 2 aliphatic rings. The van der Waals surface area contributed by atoms with E-state index in [1.54, 1.807) is 48.5 Å². The van der Waals surface area contributed by atoms with Crippen molar-refractivity contribution in [2.24, 2.45) is 11.8 Å². The first-order valence-corrected chi connectivity index (χ1v) is 13.5. The Morgan fingerprint density at radius 2 is 1.70 bits per heavy atom. The van der Waals surface area contributed by atoms with Gasteiger partial charge in [-0.3, -0.25) is 13.9 Å². The lowest BCUT2D eigenvalue weighted by molar-refractivity contribution is -0.0957. The fourth-order valence-electron chi connectivity index (χ4n) is 5.62. The number of nitrogens with zero attached hydrogens (tertiary/aromatic N) is 6. The average molecular weight is 595 g/mol. The van der Waals surface area contributed by atoms with Crippen molar-refractivity contribution >= 4 is 28.0 Å². The lowest BCUT2D eigenvalue weighted by Gasteiger charge is -2.26. The number of aliphatic hydroxyl groups is 4. The number of aromatic amines is 1. The molecule has 0 aliphatic carbocycles. The molecule has 2 fully saturated rings. The lowest BCUT2D eigenvalue weighted by Crippen LogP contribution is -2.43. The molecular formula is C28H34N8O7. The summed E-state index contributed by atoms with van der Waals surface area (Å²) in [6.07, 6.45) is 8.30. The van der Waals surface area contributed by atoms with Crippen molar-refractivity contribution in [1.82, 2.24) is 34.1 Å². The van der Waals surface area contributed by atoms with Gasteiger partial charge in [0, 0.05) is 18.0 Å². The van der Waals surface area contributed by atoms with Crippen molar-refractivity contribution in [3.63, 3.8) is 0 Å². The Labute approximate surface area is 245 Å². The van der Waals surface area contributed by atoms with Gasteiger partial charge in [-0.25, -0.2) is 19.9 Å². The number of pyridine rings is 1. The summed E-state index contributed by atoms with van der Waals surface area (Å²) in [5, 5.41) is 39.7. The molecule has 15 heteroatoms. The van der Waals surface area contributed by atoms with E-state index in [0.29, 0.717) is 28.3 Å². The van der Waals surface area contributed by atoms with Crippen molar-refractivity contribution in [2.45, 2.75) is 56.6 Å². The minimum Gasteiger partial charge on any atom is -0.397 e. The largest absolute Gasteiger partial charge is 0.397 e. The fourth-order valence-corrected chi connectivity index (χ4v) is 5.62. The number of aryl methyl sites for hydroxylation is 1. The maximum Gasteiger partial charge on any atom is 0.279 e. The van der Waals surface area contributed by atoms with Gasteiger partial charge in [0.1, 0.15) is 35.5 Å². The number of imidazole rings is 2. The van der Waals surface area contributed by atoms with Gasteiger partial charge in [-0.15, -0.1) is 13.0 Å². The minimum absolute atomic E-state index is 0.205. The van der Waals surface area contributed by atoms with E-state index in [9.17, 15) is 25.2 Å². The van der Waals surface area contributed by atoms with Crippen LogP contribution in [-0.2, 0) is 9.47 Å². The summed E-state index contributed by atoms with van der Waals surface area (Å²) in [6.45, 7) is 8.04.